The van der Waals surface area contributed by atoms with Crippen molar-refractivity contribution in [1.29, 1.82) is 0 Å². The van der Waals surface area contributed by atoms with Gasteiger partial charge < -0.3 is 8.87 Å². The van der Waals surface area contributed by atoms with Gasteiger partial charge in [-0.05, 0) is 266 Å². The smallest absolute Gasteiger partial charge is 0.00114 e. The maximum atomic E-state index is 3.74. The molecular formula is H91P90S-. The standard InChI is InChI=1S/H91P90S/c1-46-71(49(2)3)84(70(44)45)72(85(74(50(4)5)51(6)7)75(52(8)9)53(10)11)47-91(90(88(80(62(28)29)63(30)31)81(64(32)33)65(34)35)89(82(66(36)37)67(38)39)83(68(40)41)69(42)43)48-73(86(76(54(12)13)55(14)15)77(56(16)17)57(18)19)87(78(58(20)21)59(22)23)79(60(24)25)61(26)27/h46H,1-45H2/q-1. The minimum Gasteiger partial charge on any atom is -0.378 e. The summed E-state index contributed by atoms with van der Waals surface area (Å²) in [4.78, 5) is 0. The molecule has 0 amide bonds. The Kier molecular flexibility index (Phi) is 103. The third-order valence-electron chi connectivity index (χ3n) is 7.83. The molecule has 0 aliphatic heterocycles. The van der Waals surface area contributed by atoms with Crippen LogP contribution in [0.4, 0.5) is 0 Å². The molecule has 0 fully saturated rings. The van der Waals surface area contributed by atoms with Gasteiger partial charge in [0, 0.05) is 21.0 Å². The van der Waals surface area contributed by atoms with E-state index in [1.807, 2.05) is 0 Å². The van der Waals surface area contributed by atoms with Crippen molar-refractivity contribution >= 4 is 726 Å². The molecule has 0 aromatic rings. The average Bonchev–Trinajstić information content (AvgIpc) is 3.33. The van der Waals surface area contributed by atoms with E-state index in [1.54, 1.807) is 0 Å². The third kappa shape index (κ3) is 47.5. The minimum absolute atomic E-state index is 0.181. The minimum atomic E-state index is -0.477. The van der Waals surface area contributed by atoms with Crippen LogP contribution in [0.2, 0.25) is 0 Å². The van der Waals surface area contributed by atoms with E-state index < -0.39 is 20.5 Å². The fraction of sp³-hybridized carbons (Fsp3) is 0. The molecule has 0 aromatic carbocycles. The highest BCUT2D eigenvalue weighted by Crippen LogP contribution is 3.42. The maximum absolute atomic E-state index is 3.74. The summed E-state index contributed by atoms with van der Waals surface area (Å²) < 4.78 is 0. The van der Waals surface area contributed by atoms with Crippen LogP contribution in [0, 0.1) is 0 Å². The lowest BCUT2D eigenvalue weighted by Gasteiger charge is -2.58. The molecule has 0 radical (unpaired) electrons. The summed E-state index contributed by atoms with van der Waals surface area (Å²) in [7, 11) is 170. The van der Waals surface area contributed by atoms with Crippen molar-refractivity contribution < 1.29 is 0 Å². The maximum Gasteiger partial charge on any atom is 0.00114 e. The number of hydrogen-bond acceptors (Lipinski definition) is 1. The molecule has 0 heterocycles. The first-order chi connectivity index (χ1) is 41.5. The van der Waals surface area contributed by atoms with Crippen molar-refractivity contribution in [3.8, 4) is 0 Å². The summed E-state index contributed by atoms with van der Waals surface area (Å²) in [5.74, 6) is 0. The van der Waals surface area contributed by atoms with Crippen LogP contribution >= 0.6 is 717 Å². The highest BCUT2D eigenvalue weighted by atomic mass is 33.6. The second-order valence-corrected chi connectivity index (χ2v) is 385. The zero-order valence-electron chi connectivity index (χ0n) is 46.6. The highest BCUT2D eigenvalue weighted by Gasteiger charge is 2.54. The lowest BCUT2D eigenvalue weighted by atomic mass is 28.5. The largest absolute Gasteiger partial charge is 0.378 e. The van der Waals surface area contributed by atoms with E-state index >= 15 is 0 Å². The SMILES string of the molecule is PPP(P(P)P)P(P(P)P)P(P=[S-](=PP(P(P(P(P)P)P(P)P)P(P(P)P)P(P)P)P(P(P(P)P)P(P)P)P(P(P)P)P(P)P)P(P(P(P(P)P)P(P)P)P(P(P)P)P(P)P)P(P(P(P)P)P(P)P)P(P(P)P)P(P)P)P(P(P(P)P)P(P)P)P(P(P)P)P(P)P. The Labute approximate surface area is 713 Å². The van der Waals surface area contributed by atoms with Gasteiger partial charge in [0.2, 0.25) is 0 Å². The summed E-state index contributed by atoms with van der Waals surface area (Å²) in [5.41, 5.74) is 0. The van der Waals surface area contributed by atoms with E-state index in [0.717, 1.165) is 7.96 Å². The van der Waals surface area contributed by atoms with E-state index in [1.165, 1.54) is 0 Å². The molecule has 0 rings (SSSR count). The van der Waals surface area contributed by atoms with E-state index in [2.05, 4.69) is 416 Å². The van der Waals surface area contributed by atoms with Crippen molar-refractivity contribution in [2.24, 2.45) is 0 Å². The zero-order chi connectivity index (χ0) is 71.9. The monoisotopic (exact) mass is 2910 g/mol. The molecule has 548 valence electrons. The second kappa shape index (κ2) is 72.1. The van der Waals surface area contributed by atoms with Gasteiger partial charge in [0.1, 0.15) is 0 Å². The lowest BCUT2D eigenvalue weighted by molar-refractivity contribution is 4.41. The Morgan fingerprint density at radius 1 is 0.165 bits per heavy atom. The van der Waals surface area contributed by atoms with E-state index in [4.69, 9.17) is 0 Å². The third-order valence-corrected chi connectivity index (χ3v) is 634. The van der Waals surface area contributed by atoms with Gasteiger partial charge in [-0.25, -0.2) is 14.1 Å². The van der Waals surface area contributed by atoms with Gasteiger partial charge in [-0.2, -0.15) is 0 Å². The van der Waals surface area contributed by atoms with Crippen molar-refractivity contribution in [3.05, 3.63) is 0 Å². The quantitative estimate of drug-likeness (QED) is 0.0422. The first kappa shape index (κ1) is 130. The Morgan fingerprint density at radius 2 is 0.297 bits per heavy atom. The van der Waals surface area contributed by atoms with E-state index in [9.17, 15) is 0 Å². The lowest BCUT2D eigenvalue weighted by Crippen LogP contribution is -1.72. The first-order valence-corrected chi connectivity index (χ1v) is 186. The Balaban J connectivity index is 13.3. The van der Waals surface area contributed by atoms with Gasteiger partial charge in [-0.1, -0.05) is 7.96 Å². The Bertz CT molecular complexity index is 1690. The molecule has 0 aliphatic carbocycles. The summed E-state index contributed by atoms with van der Waals surface area (Å²) in [6, 6.07) is 0. The predicted molar refractivity (Wildman–Crippen MR) is 757 cm³/mol. The molecule has 91 heteroatoms. The van der Waals surface area contributed by atoms with Crippen LogP contribution < -0.4 is 0 Å². The fourth-order valence-electron chi connectivity index (χ4n) is 5.27. The van der Waals surface area contributed by atoms with Crippen LogP contribution in [0.3, 0.4) is 0 Å². The van der Waals surface area contributed by atoms with Gasteiger partial charge in [0.15, 0.2) is 0 Å². The van der Waals surface area contributed by atoms with Gasteiger partial charge in [0.05, 0.1) is 0 Å². The molecule has 49 unspecified atom stereocenters. The fourth-order valence-corrected chi connectivity index (χ4v) is 1280. The topological polar surface area (TPSA) is 0 Å². The van der Waals surface area contributed by atoms with Crippen molar-refractivity contribution in [3.63, 3.8) is 0 Å². The molecule has 0 spiro atoms. The Morgan fingerprint density at radius 3 is 0.418 bits per heavy atom. The molecule has 0 saturated carbocycles. The highest BCUT2D eigenvalue weighted by molar-refractivity contribution is 9.52. The molecule has 49 atom stereocenters. The molecule has 0 aliphatic rings. The van der Waals surface area contributed by atoms with Crippen molar-refractivity contribution in [1.82, 2.24) is 0 Å². The molecule has 0 nitrogen and oxygen atoms in total. The van der Waals surface area contributed by atoms with E-state index in [-0.39, 0.29) is 281 Å². The molecular weight excluding hydrogens is 2820 g/mol. The summed E-state index contributed by atoms with van der Waals surface area (Å²) in [5, 5.41) is 0. The van der Waals surface area contributed by atoms with E-state index in [0.29, 0.717) is 0 Å². The second-order valence-electron chi connectivity index (χ2n) is 14.3. The van der Waals surface area contributed by atoms with Crippen LogP contribution in [0.15, 0.2) is 0 Å². The van der Waals surface area contributed by atoms with Crippen LogP contribution in [0.5, 0.6) is 0 Å². The zero-order valence-corrected chi connectivity index (χ0v) is 140. The van der Waals surface area contributed by atoms with Gasteiger partial charge in [-0.15, -0.1) is 408 Å². The molecule has 0 N–H and O–H groups in total. The van der Waals surface area contributed by atoms with Crippen molar-refractivity contribution in [2.75, 3.05) is 0 Å². The predicted octanol–water partition coefficient (Wildman–Crippen LogP) is 53.1. The molecule has 91 heavy (non-hydrogen) atoms. The van der Waals surface area contributed by atoms with Crippen LogP contribution in [0.1, 0.15) is 0 Å². The van der Waals surface area contributed by atoms with Gasteiger partial charge in [0.25, 0.3) is 0 Å². The Hall–Kier alpha value is 38.8. The number of rotatable bonds is 43. The molecule has 0 saturated heterocycles. The number of hydrogen-bond donors (Lipinski definition) is 0. The average molecular weight is 2910 g/mol. The van der Waals surface area contributed by atoms with Crippen LogP contribution in [-0.4, -0.2) is 0 Å². The summed E-state index contributed by atoms with van der Waals surface area (Å²) in [6.07, 6.45) is 0. The van der Waals surface area contributed by atoms with Crippen LogP contribution in [-0.2, 0) is 8.87 Å². The molecule has 0 aromatic heterocycles. The normalized spacial score (nSPS) is 16.0. The van der Waals surface area contributed by atoms with Crippen LogP contribution in [0.25, 0.3) is 0 Å². The van der Waals surface area contributed by atoms with Gasteiger partial charge in [-0.3, -0.25) is 0 Å². The summed E-state index contributed by atoms with van der Waals surface area (Å²) in [6.45, 7) is -14.0. The van der Waals surface area contributed by atoms with Gasteiger partial charge >= 0.3 is 0 Å². The first-order valence-electron chi connectivity index (χ1n) is 20.6. The van der Waals surface area contributed by atoms with Crippen molar-refractivity contribution in [2.45, 2.75) is 0 Å². The molecule has 0 bridgehead atoms. The summed E-state index contributed by atoms with van der Waals surface area (Å²) >= 11 is 0.